The van der Waals surface area contributed by atoms with E-state index >= 15 is 0 Å². The fraction of sp³-hybridized carbons (Fsp3) is 0.318. The van der Waals surface area contributed by atoms with Crippen molar-refractivity contribution in [2.45, 2.75) is 13.3 Å². The minimum absolute atomic E-state index is 0.736. The molecular formula is C22H25N3O. The van der Waals surface area contributed by atoms with Crippen molar-refractivity contribution in [3.05, 3.63) is 48.3 Å². The second-order valence-corrected chi connectivity index (χ2v) is 7.24. The highest BCUT2D eigenvalue weighted by Crippen LogP contribution is 2.36. The monoisotopic (exact) mass is 347 g/mol. The van der Waals surface area contributed by atoms with Crippen molar-refractivity contribution in [3.8, 4) is 5.75 Å². The molecule has 0 aliphatic rings. The summed E-state index contributed by atoms with van der Waals surface area (Å²) in [5.41, 5.74) is 3.81. The molecule has 4 nitrogen and oxygen atoms in total. The van der Waals surface area contributed by atoms with Gasteiger partial charge in [0.15, 0.2) is 0 Å². The van der Waals surface area contributed by atoms with Crippen molar-refractivity contribution in [3.63, 3.8) is 0 Å². The van der Waals surface area contributed by atoms with E-state index in [0.717, 1.165) is 25.3 Å². The van der Waals surface area contributed by atoms with Gasteiger partial charge in [-0.3, -0.25) is 4.98 Å². The fourth-order valence-electron chi connectivity index (χ4n) is 3.86. The molecule has 0 saturated carbocycles. The van der Waals surface area contributed by atoms with Crippen LogP contribution in [-0.2, 0) is 7.05 Å². The molecule has 0 aliphatic carbocycles. The lowest BCUT2D eigenvalue weighted by Gasteiger charge is -2.10. The van der Waals surface area contributed by atoms with E-state index in [2.05, 4.69) is 72.8 Å². The van der Waals surface area contributed by atoms with E-state index in [0.29, 0.717) is 0 Å². The molecule has 2 heterocycles. The zero-order valence-corrected chi connectivity index (χ0v) is 15.9. The molecule has 0 fully saturated rings. The van der Waals surface area contributed by atoms with Gasteiger partial charge in [-0.1, -0.05) is 0 Å². The molecular weight excluding hydrogens is 322 g/mol. The van der Waals surface area contributed by atoms with Gasteiger partial charge in [0.25, 0.3) is 0 Å². The highest BCUT2D eigenvalue weighted by Gasteiger charge is 2.13. The molecule has 4 rings (SSSR count). The topological polar surface area (TPSA) is 30.3 Å². The second kappa shape index (κ2) is 6.61. The maximum Gasteiger partial charge on any atom is 0.120 e. The van der Waals surface area contributed by atoms with Gasteiger partial charge in [0.1, 0.15) is 5.75 Å². The first-order chi connectivity index (χ1) is 12.6. The third kappa shape index (κ3) is 2.80. The van der Waals surface area contributed by atoms with E-state index in [1.54, 1.807) is 0 Å². The van der Waals surface area contributed by atoms with Crippen LogP contribution in [0, 0.1) is 6.92 Å². The maximum atomic E-state index is 5.99. The van der Waals surface area contributed by atoms with Crippen molar-refractivity contribution < 1.29 is 4.74 Å². The van der Waals surface area contributed by atoms with Crippen molar-refractivity contribution in [2.24, 2.45) is 7.05 Å². The highest BCUT2D eigenvalue weighted by molar-refractivity contribution is 6.14. The quantitative estimate of drug-likeness (QED) is 0.497. The largest absolute Gasteiger partial charge is 0.494 e. The van der Waals surface area contributed by atoms with Gasteiger partial charge in [-0.2, -0.15) is 0 Å². The molecule has 0 spiro atoms. The van der Waals surface area contributed by atoms with Gasteiger partial charge >= 0.3 is 0 Å². The average molecular weight is 347 g/mol. The van der Waals surface area contributed by atoms with Crippen LogP contribution in [0.15, 0.2) is 42.7 Å². The summed E-state index contributed by atoms with van der Waals surface area (Å²) in [5.74, 6) is 0.938. The lowest BCUT2D eigenvalue weighted by molar-refractivity contribution is 0.282. The lowest BCUT2D eigenvalue weighted by atomic mass is 10.0. The third-order valence-electron chi connectivity index (χ3n) is 5.14. The number of ether oxygens (including phenoxy) is 1. The summed E-state index contributed by atoms with van der Waals surface area (Å²) in [6, 6.07) is 10.8. The highest BCUT2D eigenvalue weighted by atomic mass is 16.5. The zero-order valence-electron chi connectivity index (χ0n) is 15.9. The van der Waals surface area contributed by atoms with E-state index in [9.17, 15) is 0 Å². The molecule has 0 amide bonds. The molecule has 26 heavy (non-hydrogen) atoms. The van der Waals surface area contributed by atoms with E-state index in [1.807, 2.05) is 12.4 Å². The van der Waals surface area contributed by atoms with Crippen molar-refractivity contribution in [2.75, 3.05) is 27.2 Å². The number of nitrogens with zero attached hydrogens (tertiary/aromatic N) is 3. The summed E-state index contributed by atoms with van der Waals surface area (Å²) in [6.45, 7) is 3.97. The Morgan fingerprint density at radius 1 is 1.08 bits per heavy atom. The predicted molar refractivity (Wildman–Crippen MR) is 109 cm³/mol. The van der Waals surface area contributed by atoms with Gasteiger partial charge in [0.2, 0.25) is 0 Å². The van der Waals surface area contributed by atoms with Gasteiger partial charge < -0.3 is 14.2 Å². The summed E-state index contributed by atoms with van der Waals surface area (Å²) in [5, 5.41) is 4.95. The summed E-state index contributed by atoms with van der Waals surface area (Å²) < 4.78 is 8.28. The van der Waals surface area contributed by atoms with Crippen LogP contribution in [0.1, 0.15) is 12.0 Å². The molecule has 0 bridgehead atoms. The number of aromatic nitrogens is 2. The molecule has 0 unspecified atom stereocenters. The Balaban J connectivity index is 1.80. The van der Waals surface area contributed by atoms with Crippen LogP contribution in [-0.4, -0.2) is 41.7 Å². The molecule has 0 atom stereocenters. The Kier molecular flexibility index (Phi) is 4.29. The van der Waals surface area contributed by atoms with Crippen molar-refractivity contribution >= 4 is 32.6 Å². The lowest BCUT2D eigenvalue weighted by Crippen LogP contribution is -2.15. The molecule has 4 heteroatoms. The second-order valence-electron chi connectivity index (χ2n) is 7.24. The number of rotatable bonds is 5. The molecule has 4 aromatic rings. The first kappa shape index (κ1) is 16.9. The van der Waals surface area contributed by atoms with Gasteiger partial charge in [-0.15, -0.1) is 0 Å². The van der Waals surface area contributed by atoms with E-state index in [1.165, 1.54) is 38.1 Å². The third-order valence-corrected chi connectivity index (χ3v) is 5.14. The SMILES string of the molecule is Cc1c2ccncc2cc2c3cc(OCCCN(C)C)ccc3n(C)c12. The molecule has 0 N–H and O–H groups in total. The Bertz CT molecular complexity index is 1100. The number of hydrogen-bond donors (Lipinski definition) is 0. The standard InChI is InChI=1S/C22H25N3O/c1-15-18-8-9-23-14-16(18)12-20-19-13-17(26-11-5-10-24(2)3)6-7-21(19)25(4)22(15)20/h6-9,12-14H,5,10-11H2,1-4H3. The number of hydrogen-bond acceptors (Lipinski definition) is 3. The molecule has 0 saturated heterocycles. The van der Waals surface area contributed by atoms with Crippen LogP contribution in [0.4, 0.5) is 0 Å². The van der Waals surface area contributed by atoms with Gasteiger partial charge in [0.05, 0.1) is 12.1 Å². The zero-order chi connectivity index (χ0) is 18.3. The smallest absolute Gasteiger partial charge is 0.120 e. The Hall–Kier alpha value is -2.59. The Labute approximate surface area is 154 Å². The molecule has 2 aromatic carbocycles. The summed E-state index contributed by atoms with van der Waals surface area (Å²) in [6.07, 6.45) is 4.84. The molecule has 0 aliphatic heterocycles. The van der Waals surface area contributed by atoms with E-state index in [4.69, 9.17) is 4.74 Å². The minimum Gasteiger partial charge on any atom is -0.494 e. The van der Waals surface area contributed by atoms with Gasteiger partial charge in [0, 0.05) is 47.7 Å². The van der Waals surface area contributed by atoms with E-state index < -0.39 is 0 Å². The number of pyridine rings is 1. The number of benzene rings is 2. The Morgan fingerprint density at radius 3 is 2.73 bits per heavy atom. The summed E-state index contributed by atoms with van der Waals surface area (Å²) in [7, 11) is 6.32. The van der Waals surface area contributed by atoms with E-state index in [-0.39, 0.29) is 0 Å². The van der Waals surface area contributed by atoms with Crippen molar-refractivity contribution in [1.82, 2.24) is 14.5 Å². The van der Waals surface area contributed by atoms with Crippen LogP contribution in [0.3, 0.4) is 0 Å². The van der Waals surface area contributed by atoms with Crippen LogP contribution in [0.5, 0.6) is 5.75 Å². The van der Waals surface area contributed by atoms with Gasteiger partial charge in [-0.25, -0.2) is 0 Å². The number of fused-ring (bicyclic) bond motifs is 4. The minimum atomic E-state index is 0.736. The molecule has 134 valence electrons. The van der Waals surface area contributed by atoms with Crippen molar-refractivity contribution in [1.29, 1.82) is 0 Å². The average Bonchev–Trinajstić information content (AvgIpc) is 2.91. The molecule has 0 radical (unpaired) electrons. The van der Waals surface area contributed by atoms with Gasteiger partial charge in [-0.05, 0) is 68.7 Å². The van der Waals surface area contributed by atoms with Crippen LogP contribution in [0.25, 0.3) is 32.6 Å². The van der Waals surface area contributed by atoms with Crippen LogP contribution < -0.4 is 4.74 Å². The summed E-state index contributed by atoms with van der Waals surface area (Å²) >= 11 is 0. The first-order valence-electron chi connectivity index (χ1n) is 9.09. The Morgan fingerprint density at radius 2 is 1.92 bits per heavy atom. The predicted octanol–water partition coefficient (Wildman–Crippen LogP) is 4.52. The number of aryl methyl sites for hydroxylation is 2. The maximum absolute atomic E-state index is 5.99. The van der Waals surface area contributed by atoms with Crippen LogP contribution in [0.2, 0.25) is 0 Å². The first-order valence-corrected chi connectivity index (χ1v) is 9.09. The van der Waals surface area contributed by atoms with Crippen LogP contribution >= 0.6 is 0 Å². The fourth-order valence-corrected chi connectivity index (χ4v) is 3.86. The molecule has 2 aromatic heterocycles. The summed E-state index contributed by atoms with van der Waals surface area (Å²) in [4.78, 5) is 6.47. The normalized spacial score (nSPS) is 11.9.